The summed E-state index contributed by atoms with van der Waals surface area (Å²) < 4.78 is 48.7. The van der Waals surface area contributed by atoms with Crippen molar-refractivity contribution in [2.45, 2.75) is 17.2 Å². The van der Waals surface area contributed by atoms with E-state index in [0.717, 1.165) is 11.6 Å². The second-order valence-corrected chi connectivity index (χ2v) is 12.5. The van der Waals surface area contributed by atoms with Gasteiger partial charge in [-0.15, -0.1) is 23.7 Å². The standard InChI is InChI=1S/C21H17Cl4FN4O4S2.ClH/c1-30-17-9-34-8-12(19(17)16(28-30)4-10-2-3-11(22)5-13(10)23)15(26)7-27-21(31)29-36(32,33)18-6-14(24)20(25)35-18;/h2-3,5-6H,4,7-9H2,1H3,(H2,27,29,31);1H/b15-12-;. The highest BCUT2D eigenvalue weighted by Crippen LogP contribution is 2.35. The summed E-state index contributed by atoms with van der Waals surface area (Å²) in [6.07, 6.45) is 0.314. The van der Waals surface area contributed by atoms with E-state index in [1.807, 2.05) is 0 Å². The van der Waals surface area contributed by atoms with Crippen molar-refractivity contribution < 1.29 is 22.3 Å². The quantitative estimate of drug-likeness (QED) is 0.341. The molecule has 0 aliphatic carbocycles. The molecule has 8 nitrogen and oxygen atoms in total. The number of ether oxygens (including phenoxy) is 1. The summed E-state index contributed by atoms with van der Waals surface area (Å²) in [4.78, 5) is 12.2. The van der Waals surface area contributed by atoms with Crippen LogP contribution >= 0.6 is 70.1 Å². The van der Waals surface area contributed by atoms with Crippen LogP contribution in [0, 0.1) is 0 Å². The molecule has 2 N–H and O–H groups in total. The molecule has 1 aliphatic heterocycles. The van der Waals surface area contributed by atoms with Crippen LogP contribution in [0.2, 0.25) is 19.4 Å². The fourth-order valence-corrected chi connectivity index (χ4v) is 6.86. The number of benzene rings is 1. The fourth-order valence-electron chi connectivity index (χ4n) is 3.57. The Kier molecular flexibility index (Phi) is 9.79. The van der Waals surface area contributed by atoms with E-state index in [-0.39, 0.29) is 44.8 Å². The number of hydrogen-bond donors (Lipinski definition) is 2. The molecule has 0 saturated carbocycles. The molecule has 4 rings (SSSR count). The summed E-state index contributed by atoms with van der Waals surface area (Å²) in [5, 5.41) is 7.70. The van der Waals surface area contributed by atoms with E-state index in [2.05, 4.69) is 10.4 Å². The summed E-state index contributed by atoms with van der Waals surface area (Å²) in [6, 6.07) is 5.08. The van der Waals surface area contributed by atoms with Gasteiger partial charge in [-0.25, -0.2) is 22.3 Å². The smallest absolute Gasteiger partial charge is 0.329 e. The fraction of sp³-hybridized carbons (Fsp3) is 0.238. The molecule has 0 atom stereocenters. The summed E-state index contributed by atoms with van der Waals surface area (Å²) in [6.45, 7) is -0.413. The Balaban J connectivity index is 0.00000380. The number of nitrogens with zero attached hydrogens (tertiary/aromatic N) is 2. The average molecular weight is 651 g/mol. The lowest BCUT2D eigenvalue weighted by atomic mass is 9.97. The van der Waals surface area contributed by atoms with E-state index < -0.39 is 28.4 Å². The normalized spacial score (nSPS) is 14.5. The van der Waals surface area contributed by atoms with Crippen molar-refractivity contribution in [2.24, 2.45) is 7.05 Å². The highest BCUT2D eigenvalue weighted by Gasteiger charge is 2.28. The van der Waals surface area contributed by atoms with Gasteiger partial charge in [0.2, 0.25) is 0 Å². The maximum atomic E-state index is 15.3. The van der Waals surface area contributed by atoms with Gasteiger partial charge in [-0.05, 0) is 23.8 Å². The van der Waals surface area contributed by atoms with Gasteiger partial charge in [0.05, 0.1) is 36.2 Å². The number of sulfonamides is 1. The van der Waals surface area contributed by atoms with Gasteiger partial charge in [0.1, 0.15) is 14.4 Å². The van der Waals surface area contributed by atoms with Gasteiger partial charge in [-0.3, -0.25) is 4.68 Å². The topological polar surface area (TPSA) is 102 Å². The van der Waals surface area contributed by atoms with Gasteiger partial charge in [0.15, 0.2) is 0 Å². The Bertz CT molecular complexity index is 1470. The van der Waals surface area contributed by atoms with E-state index in [1.54, 1.807) is 34.7 Å². The lowest BCUT2D eigenvalue weighted by molar-refractivity contribution is 0.139. The lowest BCUT2D eigenvalue weighted by Crippen LogP contribution is -2.39. The van der Waals surface area contributed by atoms with Crippen molar-refractivity contribution in [1.29, 1.82) is 0 Å². The van der Waals surface area contributed by atoms with Crippen molar-refractivity contribution in [3.8, 4) is 0 Å². The van der Waals surface area contributed by atoms with Gasteiger partial charge >= 0.3 is 6.03 Å². The minimum absolute atomic E-state index is 0. The largest absolute Gasteiger partial charge is 0.370 e. The molecular weight excluding hydrogens is 633 g/mol. The molecular formula is C21H18Cl5FN4O4S2. The molecule has 37 heavy (non-hydrogen) atoms. The van der Waals surface area contributed by atoms with Gasteiger partial charge in [-0.2, -0.15) is 5.10 Å². The maximum Gasteiger partial charge on any atom is 0.329 e. The summed E-state index contributed by atoms with van der Waals surface area (Å²) in [5.74, 6) is -0.706. The Morgan fingerprint density at radius 1 is 1.19 bits per heavy atom. The third-order valence-electron chi connectivity index (χ3n) is 5.24. The van der Waals surface area contributed by atoms with Gasteiger partial charge < -0.3 is 10.1 Å². The van der Waals surface area contributed by atoms with Crippen molar-refractivity contribution in [3.63, 3.8) is 0 Å². The Morgan fingerprint density at radius 2 is 1.92 bits per heavy atom. The number of carbonyl (C=O) groups excluding carboxylic acids is 1. The summed E-state index contributed by atoms with van der Waals surface area (Å²) in [7, 11) is -2.52. The Labute approximate surface area is 242 Å². The van der Waals surface area contributed by atoms with Crippen LogP contribution < -0.4 is 10.0 Å². The first kappa shape index (κ1) is 30.0. The molecule has 3 heterocycles. The molecule has 16 heteroatoms. The van der Waals surface area contributed by atoms with Crippen molar-refractivity contribution in [1.82, 2.24) is 19.8 Å². The molecule has 0 fully saturated rings. The average Bonchev–Trinajstić information content (AvgIpc) is 3.33. The van der Waals surface area contributed by atoms with E-state index in [0.29, 0.717) is 44.8 Å². The highest BCUT2D eigenvalue weighted by molar-refractivity contribution is 7.92. The van der Waals surface area contributed by atoms with Crippen molar-refractivity contribution in [2.75, 3.05) is 13.2 Å². The van der Waals surface area contributed by atoms with Crippen molar-refractivity contribution >= 4 is 91.8 Å². The van der Waals surface area contributed by atoms with E-state index in [1.165, 1.54) is 0 Å². The SMILES string of the molecule is Cl.Cn1nc(Cc2ccc(Cl)cc2Cl)c2c1COC/C2=C(/F)CNC(=O)NS(=O)(=O)c1cc(Cl)c(Cl)s1. The maximum absolute atomic E-state index is 15.3. The van der Waals surface area contributed by atoms with Gasteiger partial charge in [-0.1, -0.05) is 52.5 Å². The Morgan fingerprint density at radius 3 is 2.57 bits per heavy atom. The first-order chi connectivity index (χ1) is 17.0. The predicted octanol–water partition coefficient (Wildman–Crippen LogP) is 6.01. The predicted molar refractivity (Wildman–Crippen MR) is 145 cm³/mol. The number of rotatable bonds is 6. The molecule has 0 saturated heterocycles. The second-order valence-electron chi connectivity index (χ2n) is 7.66. The van der Waals surface area contributed by atoms with E-state index >= 15 is 4.39 Å². The number of aryl methyl sites for hydroxylation is 1. The van der Waals surface area contributed by atoms with Crippen LogP contribution in [0.15, 0.2) is 34.3 Å². The van der Waals surface area contributed by atoms with Crippen LogP contribution in [0.25, 0.3) is 5.57 Å². The second kappa shape index (κ2) is 12.1. The zero-order valence-electron chi connectivity index (χ0n) is 18.8. The molecule has 3 aromatic rings. The number of carbonyl (C=O) groups is 1. The number of urea groups is 1. The number of nitrogens with one attached hydrogen (secondary N) is 2. The lowest BCUT2D eigenvalue weighted by Gasteiger charge is -2.19. The molecule has 2 amide bonds. The molecule has 0 spiro atoms. The van der Waals surface area contributed by atoms with Gasteiger partial charge in [0.25, 0.3) is 10.0 Å². The van der Waals surface area contributed by atoms with Crippen LogP contribution in [0.5, 0.6) is 0 Å². The molecule has 0 bridgehead atoms. The zero-order chi connectivity index (χ0) is 26.2. The van der Waals surface area contributed by atoms with Gasteiger partial charge in [0, 0.05) is 34.7 Å². The number of halogens is 6. The van der Waals surface area contributed by atoms with Crippen LogP contribution in [0.1, 0.15) is 22.5 Å². The van der Waals surface area contributed by atoms with Crippen LogP contribution in [-0.4, -0.2) is 37.4 Å². The van der Waals surface area contributed by atoms with E-state index in [4.69, 9.17) is 51.1 Å². The van der Waals surface area contributed by atoms with Crippen LogP contribution in [0.4, 0.5) is 9.18 Å². The summed E-state index contributed by atoms with van der Waals surface area (Å²) >= 11 is 24.6. The molecule has 2 aromatic heterocycles. The molecule has 200 valence electrons. The monoisotopic (exact) mass is 648 g/mol. The van der Waals surface area contributed by atoms with Crippen LogP contribution in [-0.2, 0) is 34.8 Å². The minimum atomic E-state index is -4.24. The third-order valence-corrected chi connectivity index (χ3v) is 9.50. The molecule has 0 unspecified atom stereocenters. The number of hydrogen-bond acceptors (Lipinski definition) is 6. The minimum Gasteiger partial charge on any atom is -0.370 e. The third kappa shape index (κ3) is 6.72. The Hall–Kier alpha value is -1.57. The zero-order valence-corrected chi connectivity index (χ0v) is 24.3. The number of amides is 2. The van der Waals surface area contributed by atoms with Crippen molar-refractivity contribution in [3.05, 3.63) is 72.0 Å². The molecule has 0 radical (unpaired) electrons. The number of fused-ring (bicyclic) bond motifs is 1. The molecule has 1 aliphatic rings. The van der Waals surface area contributed by atoms with E-state index in [9.17, 15) is 13.2 Å². The van der Waals surface area contributed by atoms with Crippen LogP contribution in [0.3, 0.4) is 0 Å². The number of thiophene rings is 1. The first-order valence-corrected chi connectivity index (χ1v) is 14.0. The summed E-state index contributed by atoms with van der Waals surface area (Å²) in [5.41, 5.74) is 2.74. The number of aromatic nitrogens is 2. The highest BCUT2D eigenvalue weighted by atomic mass is 35.5. The first-order valence-electron chi connectivity index (χ1n) is 10.2. The molecule has 1 aromatic carbocycles.